The van der Waals surface area contributed by atoms with Gasteiger partial charge < -0.3 is 9.84 Å². The van der Waals surface area contributed by atoms with Crippen molar-refractivity contribution in [2.45, 2.75) is 52.4 Å². The normalized spacial score (nSPS) is 12.4. The molecule has 2 atom stereocenters. The number of phenols is 1. The second-order valence-corrected chi connectivity index (χ2v) is 13.7. The number of rotatable bonds is 4. The van der Waals surface area contributed by atoms with Gasteiger partial charge in [-0.15, -0.1) is 18.5 Å². The Morgan fingerprint density at radius 1 is 0.943 bits per heavy atom. The highest BCUT2D eigenvalue weighted by molar-refractivity contribution is 14.1. The summed E-state index contributed by atoms with van der Waals surface area (Å²) in [5, 5.41) is 12.3. The molecule has 0 fully saturated rings. The number of para-hydroxylation sites is 2. The van der Waals surface area contributed by atoms with Crippen LogP contribution in [0.4, 0.5) is 10.1 Å². The quantitative estimate of drug-likeness (QED) is 0.128. The zero-order valence-corrected chi connectivity index (χ0v) is 27.3. The van der Waals surface area contributed by atoms with E-state index in [1.807, 2.05) is 24.3 Å². The third kappa shape index (κ3) is 6.37. The van der Waals surface area contributed by atoms with Crippen molar-refractivity contribution in [3.63, 3.8) is 0 Å². The highest BCUT2D eigenvalue weighted by atomic mass is 127. The molecule has 3 aromatic carbocycles. The summed E-state index contributed by atoms with van der Waals surface area (Å²) >= 11 is 4.29. The van der Waals surface area contributed by atoms with E-state index < -0.39 is 5.82 Å². The Bertz CT molecular complexity index is 1280. The largest absolute Gasteiger partial charge is 0.507 e. The lowest BCUT2D eigenvalue weighted by Crippen LogP contribution is -2.21. The number of ether oxygens (including phenoxy) is 1. The Hall–Kier alpha value is -0.820. The maximum absolute atomic E-state index is 15.1. The van der Waals surface area contributed by atoms with Crippen LogP contribution >= 0.6 is 63.7 Å². The number of aromatic hydroxyl groups is 1. The van der Waals surface area contributed by atoms with Crippen LogP contribution < -0.4 is 15.3 Å². The molecule has 0 heterocycles. The predicted molar refractivity (Wildman–Crippen MR) is 170 cm³/mol. The molecule has 1 N–H and O–H groups in total. The highest BCUT2D eigenvalue weighted by Crippen LogP contribution is 2.39. The van der Waals surface area contributed by atoms with Gasteiger partial charge in [0.05, 0.1) is 3.57 Å². The molecule has 35 heavy (non-hydrogen) atoms. The Balaban J connectivity index is 2.09. The van der Waals surface area contributed by atoms with Crippen molar-refractivity contribution < 1.29 is 14.2 Å². The Morgan fingerprint density at radius 3 is 2.17 bits per heavy atom. The third-order valence-electron chi connectivity index (χ3n) is 5.59. The van der Waals surface area contributed by atoms with E-state index in [0.29, 0.717) is 25.9 Å². The molecule has 0 amide bonds. The number of nitrogens with zero attached hydrogens (tertiary/aromatic N) is 1. The van der Waals surface area contributed by atoms with Gasteiger partial charge in [-0.25, -0.2) is 4.39 Å². The van der Waals surface area contributed by atoms with Crippen LogP contribution in [0.3, 0.4) is 0 Å². The first-order valence-electron chi connectivity index (χ1n) is 11.0. The van der Waals surface area contributed by atoms with Gasteiger partial charge in [0.2, 0.25) is 0 Å². The van der Waals surface area contributed by atoms with E-state index in [1.54, 1.807) is 12.3 Å². The molecule has 3 aromatic rings. The first-order valence-corrected chi connectivity index (χ1v) is 14.3. The molecule has 8 heteroatoms. The van der Waals surface area contributed by atoms with Crippen molar-refractivity contribution in [1.29, 1.82) is 0 Å². The molecule has 0 saturated carbocycles. The molecule has 186 valence electrons. The average molecular weight is 735 g/mol. The third-order valence-corrected chi connectivity index (χ3v) is 10.9. The predicted octanol–water partition coefficient (Wildman–Crippen LogP) is 7.88. The molecule has 0 saturated heterocycles. The van der Waals surface area contributed by atoms with Gasteiger partial charge in [0.1, 0.15) is 11.4 Å². The summed E-state index contributed by atoms with van der Waals surface area (Å²) in [5.74, 6) is 0.390. The Morgan fingerprint density at radius 2 is 1.57 bits per heavy atom. The van der Waals surface area contributed by atoms with E-state index in [2.05, 4.69) is 116 Å². The number of phenolic OH excluding ortho intramolecular Hbond substituents is 1. The van der Waals surface area contributed by atoms with Crippen molar-refractivity contribution >= 4 is 86.2 Å². The van der Waals surface area contributed by atoms with E-state index in [-0.39, 0.29) is 22.3 Å². The van der Waals surface area contributed by atoms with Crippen LogP contribution in [0.5, 0.6) is 17.2 Å². The lowest BCUT2D eigenvalue weighted by molar-refractivity contribution is 0.442. The van der Waals surface area contributed by atoms with Crippen molar-refractivity contribution in [3.05, 3.63) is 66.0 Å². The van der Waals surface area contributed by atoms with Gasteiger partial charge in [-0.05, 0) is 85.1 Å². The molecular formula is C27H30FI2NO2P2. The van der Waals surface area contributed by atoms with Gasteiger partial charge in [-0.1, -0.05) is 59.7 Å². The molecule has 2 unspecified atom stereocenters. The number of hydrogen-bond donors (Lipinski definition) is 1. The average Bonchev–Trinajstić information content (AvgIpc) is 2.77. The first kappa shape index (κ1) is 28.7. The topological polar surface area (TPSA) is 41.8 Å². The molecular weight excluding hydrogens is 705 g/mol. The lowest BCUT2D eigenvalue weighted by Gasteiger charge is -2.27. The molecule has 0 aliphatic carbocycles. The van der Waals surface area contributed by atoms with Crippen LogP contribution in [0.2, 0.25) is 0 Å². The highest BCUT2D eigenvalue weighted by Gasteiger charge is 2.25. The second-order valence-electron chi connectivity index (χ2n) is 10.4. The van der Waals surface area contributed by atoms with Gasteiger partial charge in [0, 0.05) is 26.2 Å². The van der Waals surface area contributed by atoms with E-state index in [0.717, 1.165) is 20.0 Å². The van der Waals surface area contributed by atoms with Gasteiger partial charge in [-0.2, -0.15) is 0 Å². The second kappa shape index (κ2) is 10.9. The molecule has 0 aliphatic rings. The maximum Gasteiger partial charge on any atom is 0.178 e. The van der Waals surface area contributed by atoms with Crippen molar-refractivity contribution in [2.24, 2.45) is 4.99 Å². The smallest absolute Gasteiger partial charge is 0.178 e. The zero-order valence-electron chi connectivity index (χ0n) is 20.6. The minimum absolute atomic E-state index is 0.0950. The SMILES string of the molecule is CC(C)(C)c1cc(C=Nc2ccccc2Oc2c(F)c(P)c(P)c(I)c2I)c(O)c(C(C)(C)C)c1. The molecule has 0 spiro atoms. The van der Waals surface area contributed by atoms with Gasteiger partial charge in [0.25, 0.3) is 0 Å². The van der Waals surface area contributed by atoms with E-state index in [4.69, 9.17) is 4.74 Å². The van der Waals surface area contributed by atoms with Gasteiger partial charge in [0.15, 0.2) is 17.3 Å². The van der Waals surface area contributed by atoms with Crippen molar-refractivity contribution in [2.75, 3.05) is 0 Å². The minimum atomic E-state index is -0.422. The van der Waals surface area contributed by atoms with Crippen LogP contribution in [0.25, 0.3) is 0 Å². The molecule has 0 bridgehead atoms. The minimum Gasteiger partial charge on any atom is -0.507 e. The van der Waals surface area contributed by atoms with Gasteiger partial charge in [-0.3, -0.25) is 4.99 Å². The van der Waals surface area contributed by atoms with Crippen LogP contribution in [0.1, 0.15) is 58.2 Å². The fraction of sp³-hybridized carbons (Fsp3) is 0.296. The number of hydrogen-bond acceptors (Lipinski definition) is 3. The summed E-state index contributed by atoms with van der Waals surface area (Å²) in [6, 6.07) is 11.3. The fourth-order valence-corrected chi connectivity index (χ4v) is 5.73. The monoisotopic (exact) mass is 735 g/mol. The molecule has 0 radical (unpaired) electrons. The van der Waals surface area contributed by atoms with E-state index in [1.165, 1.54) is 0 Å². The number of aliphatic imine (C=N–C) groups is 1. The lowest BCUT2D eigenvalue weighted by atomic mass is 9.79. The Labute approximate surface area is 239 Å². The standard InChI is InChI=1S/C27H30FI2NO2P2/c1-26(2,3)15-11-14(22(32)16(12-15)27(4,5)6)13-31-17-9-7-8-10-18(17)33-23-19(28)24(34)25(35)21(30)20(23)29/h7-13,32H,34-35H2,1-6H3. The summed E-state index contributed by atoms with van der Waals surface area (Å²) < 4.78 is 22.8. The van der Waals surface area contributed by atoms with Crippen LogP contribution in [0.15, 0.2) is 41.4 Å². The summed E-state index contributed by atoms with van der Waals surface area (Å²) in [6.07, 6.45) is 1.65. The molecule has 0 aromatic heterocycles. The first-order chi connectivity index (χ1) is 16.1. The fourth-order valence-electron chi connectivity index (χ4n) is 3.42. The summed E-state index contributed by atoms with van der Waals surface area (Å²) in [5.41, 5.74) is 2.82. The number of benzene rings is 3. The number of halogens is 3. The maximum atomic E-state index is 15.1. The van der Waals surface area contributed by atoms with Gasteiger partial charge >= 0.3 is 0 Å². The molecule has 0 aliphatic heterocycles. The van der Waals surface area contributed by atoms with E-state index in [9.17, 15) is 5.11 Å². The van der Waals surface area contributed by atoms with Crippen molar-refractivity contribution in [1.82, 2.24) is 0 Å². The van der Waals surface area contributed by atoms with Crippen LogP contribution in [-0.4, -0.2) is 11.3 Å². The van der Waals surface area contributed by atoms with Crippen molar-refractivity contribution in [3.8, 4) is 17.2 Å². The van der Waals surface area contributed by atoms with Crippen LogP contribution in [0, 0.1) is 13.0 Å². The summed E-state index contributed by atoms with van der Waals surface area (Å²) in [6.45, 7) is 12.7. The van der Waals surface area contributed by atoms with Crippen LogP contribution in [-0.2, 0) is 10.8 Å². The van der Waals surface area contributed by atoms with E-state index >= 15 is 4.39 Å². The Kier molecular flexibility index (Phi) is 8.94. The molecule has 3 nitrogen and oxygen atoms in total. The zero-order chi connectivity index (χ0) is 26.3. The molecule has 3 rings (SSSR count). The summed E-state index contributed by atoms with van der Waals surface area (Å²) in [7, 11) is 5.02. The summed E-state index contributed by atoms with van der Waals surface area (Å²) in [4.78, 5) is 4.66.